The Hall–Kier alpha value is -3.25. The van der Waals surface area contributed by atoms with Crippen LogP contribution in [-0.4, -0.2) is 29.4 Å². The molecule has 0 N–H and O–H groups in total. The van der Waals surface area contributed by atoms with Crippen molar-refractivity contribution < 1.29 is 0 Å². The van der Waals surface area contributed by atoms with Crippen molar-refractivity contribution in [3.8, 4) is 17.1 Å². The second kappa shape index (κ2) is 5.64. The van der Waals surface area contributed by atoms with Gasteiger partial charge in [-0.25, -0.2) is 9.67 Å². The van der Waals surface area contributed by atoms with E-state index in [-0.39, 0.29) is 0 Å². The Kier molecular flexibility index (Phi) is 3.26. The molecule has 0 aliphatic rings. The summed E-state index contributed by atoms with van der Waals surface area (Å²) < 4.78 is 3.66. The van der Waals surface area contributed by atoms with Gasteiger partial charge in [-0.2, -0.15) is 5.10 Å². The molecule has 0 aliphatic carbocycles. The molecule has 0 spiro atoms. The first-order valence-electron chi connectivity index (χ1n) is 8.11. The van der Waals surface area contributed by atoms with Crippen LogP contribution in [0.2, 0.25) is 5.02 Å². The number of benzene rings is 2. The summed E-state index contributed by atoms with van der Waals surface area (Å²) >= 11 is 6.10. The van der Waals surface area contributed by atoms with Crippen molar-refractivity contribution in [2.75, 3.05) is 0 Å². The predicted octanol–water partition coefficient (Wildman–Crippen LogP) is 4.09. The number of nitrogens with zero attached hydrogens (tertiary/aromatic N) is 6. The Balaban J connectivity index is 1.71. The molecule has 0 bridgehead atoms. The quantitative estimate of drug-likeness (QED) is 0.475. The molecule has 0 radical (unpaired) electrons. The van der Waals surface area contributed by atoms with Crippen molar-refractivity contribution in [2.45, 2.75) is 6.92 Å². The number of hydrogen-bond donors (Lipinski definition) is 0. The minimum atomic E-state index is 0.653. The number of fused-ring (bicyclic) bond motifs is 3. The van der Waals surface area contributed by atoms with Crippen LogP contribution in [0.25, 0.3) is 33.8 Å². The van der Waals surface area contributed by atoms with Crippen LogP contribution in [0.3, 0.4) is 0 Å². The highest BCUT2D eigenvalue weighted by atomic mass is 35.5. The molecular formula is C19H13ClN6. The topological polar surface area (TPSA) is 60.9 Å². The van der Waals surface area contributed by atoms with E-state index in [2.05, 4.69) is 39.3 Å². The maximum absolute atomic E-state index is 6.10. The van der Waals surface area contributed by atoms with Crippen molar-refractivity contribution in [2.24, 2.45) is 0 Å². The van der Waals surface area contributed by atoms with E-state index < -0.39 is 0 Å². The van der Waals surface area contributed by atoms with E-state index in [0.29, 0.717) is 16.5 Å². The summed E-state index contributed by atoms with van der Waals surface area (Å²) in [5.41, 5.74) is 4.49. The lowest BCUT2D eigenvalue weighted by Crippen LogP contribution is -1.99. The van der Waals surface area contributed by atoms with Crippen molar-refractivity contribution in [3.05, 3.63) is 71.6 Å². The van der Waals surface area contributed by atoms with Gasteiger partial charge in [0.2, 0.25) is 0 Å². The van der Waals surface area contributed by atoms with E-state index in [1.165, 1.54) is 5.56 Å². The largest absolute Gasteiger partial charge is 0.265 e. The molecule has 2 aromatic carbocycles. The summed E-state index contributed by atoms with van der Waals surface area (Å²) in [5.74, 6) is 0.694. The third kappa shape index (κ3) is 2.27. The van der Waals surface area contributed by atoms with Crippen molar-refractivity contribution in [1.29, 1.82) is 0 Å². The molecule has 0 atom stereocenters. The molecule has 0 amide bonds. The summed E-state index contributed by atoms with van der Waals surface area (Å²) in [6.07, 6.45) is 3.49. The zero-order valence-corrected chi connectivity index (χ0v) is 14.6. The SMILES string of the molecule is Cc1ccc(-n2ncc3c2ncn2c(-c4cccc(Cl)c4)nnc32)cc1. The first-order valence-corrected chi connectivity index (χ1v) is 8.49. The van der Waals surface area contributed by atoms with Crippen molar-refractivity contribution >= 4 is 28.3 Å². The number of aromatic nitrogens is 6. The third-order valence-corrected chi connectivity index (χ3v) is 4.57. The average Bonchev–Trinajstić information content (AvgIpc) is 3.26. The standard InChI is InChI=1S/C19H13ClN6/c1-12-5-7-15(8-6-12)26-18-16(10-22-26)19-24-23-17(25(19)11-21-18)13-3-2-4-14(20)9-13/h2-11H,1H3. The highest BCUT2D eigenvalue weighted by Gasteiger charge is 2.15. The van der Waals surface area contributed by atoms with Crippen LogP contribution >= 0.6 is 11.6 Å². The van der Waals surface area contributed by atoms with Crippen LogP contribution < -0.4 is 0 Å². The van der Waals surface area contributed by atoms with E-state index in [9.17, 15) is 0 Å². The molecule has 0 aliphatic heterocycles. The van der Waals surface area contributed by atoms with Gasteiger partial charge in [-0.1, -0.05) is 41.4 Å². The molecule has 5 rings (SSSR count). The van der Waals surface area contributed by atoms with E-state index in [1.807, 2.05) is 45.5 Å². The highest BCUT2D eigenvalue weighted by Crippen LogP contribution is 2.25. The fourth-order valence-electron chi connectivity index (χ4n) is 3.02. The maximum atomic E-state index is 6.10. The number of aryl methyl sites for hydroxylation is 1. The summed E-state index contributed by atoms with van der Waals surface area (Å²) in [7, 11) is 0. The maximum Gasteiger partial charge on any atom is 0.175 e. The van der Waals surface area contributed by atoms with Gasteiger partial charge in [0.1, 0.15) is 6.33 Å². The van der Waals surface area contributed by atoms with Gasteiger partial charge in [-0.15, -0.1) is 10.2 Å². The minimum Gasteiger partial charge on any atom is -0.265 e. The highest BCUT2D eigenvalue weighted by molar-refractivity contribution is 6.30. The fourth-order valence-corrected chi connectivity index (χ4v) is 3.21. The van der Waals surface area contributed by atoms with Crippen molar-refractivity contribution in [1.82, 2.24) is 29.4 Å². The Morgan fingerprint density at radius 1 is 0.962 bits per heavy atom. The predicted molar refractivity (Wildman–Crippen MR) is 101 cm³/mol. The molecule has 5 aromatic rings. The summed E-state index contributed by atoms with van der Waals surface area (Å²) in [6.45, 7) is 2.06. The molecule has 0 unspecified atom stereocenters. The van der Waals surface area contributed by atoms with Gasteiger partial charge in [0.15, 0.2) is 17.1 Å². The molecule has 7 heteroatoms. The fraction of sp³-hybridized carbons (Fsp3) is 0.0526. The summed E-state index contributed by atoms with van der Waals surface area (Å²) in [4.78, 5) is 4.60. The molecule has 126 valence electrons. The van der Waals surface area contributed by atoms with Crippen LogP contribution in [0.4, 0.5) is 0 Å². The van der Waals surface area contributed by atoms with E-state index >= 15 is 0 Å². The second-order valence-corrected chi connectivity index (χ2v) is 6.54. The van der Waals surface area contributed by atoms with E-state index in [1.54, 1.807) is 12.5 Å². The van der Waals surface area contributed by atoms with Crippen LogP contribution in [-0.2, 0) is 0 Å². The number of rotatable bonds is 2. The van der Waals surface area contributed by atoms with Crippen LogP contribution in [0.15, 0.2) is 61.1 Å². The van der Waals surface area contributed by atoms with Gasteiger partial charge in [0, 0.05) is 10.6 Å². The van der Waals surface area contributed by atoms with E-state index in [4.69, 9.17) is 11.6 Å². The lowest BCUT2D eigenvalue weighted by Gasteiger charge is -2.04. The first kappa shape index (κ1) is 15.0. The lowest BCUT2D eigenvalue weighted by molar-refractivity contribution is 0.893. The number of halogens is 1. The van der Waals surface area contributed by atoms with Gasteiger partial charge in [-0.3, -0.25) is 4.40 Å². The molecule has 6 nitrogen and oxygen atoms in total. The van der Waals surface area contributed by atoms with Gasteiger partial charge in [0.05, 0.1) is 17.3 Å². The van der Waals surface area contributed by atoms with Crippen molar-refractivity contribution in [3.63, 3.8) is 0 Å². The Morgan fingerprint density at radius 3 is 2.62 bits per heavy atom. The molecule has 3 heterocycles. The third-order valence-electron chi connectivity index (χ3n) is 4.34. The van der Waals surface area contributed by atoms with E-state index in [0.717, 1.165) is 22.3 Å². The summed E-state index contributed by atoms with van der Waals surface area (Å²) in [6, 6.07) is 15.7. The Morgan fingerprint density at radius 2 is 1.81 bits per heavy atom. The molecular weight excluding hydrogens is 348 g/mol. The number of hydrogen-bond acceptors (Lipinski definition) is 4. The van der Waals surface area contributed by atoms with Gasteiger partial charge in [-0.05, 0) is 31.2 Å². The van der Waals surface area contributed by atoms with Gasteiger partial charge < -0.3 is 0 Å². The molecule has 26 heavy (non-hydrogen) atoms. The first-order chi connectivity index (χ1) is 12.7. The van der Waals surface area contributed by atoms with Gasteiger partial charge >= 0.3 is 0 Å². The minimum absolute atomic E-state index is 0.653. The van der Waals surface area contributed by atoms with Crippen LogP contribution in [0.5, 0.6) is 0 Å². The summed E-state index contributed by atoms with van der Waals surface area (Å²) in [5, 5.41) is 14.7. The zero-order valence-electron chi connectivity index (χ0n) is 13.8. The zero-order chi connectivity index (χ0) is 17.7. The second-order valence-electron chi connectivity index (χ2n) is 6.10. The molecule has 0 saturated carbocycles. The molecule has 3 aromatic heterocycles. The monoisotopic (exact) mass is 360 g/mol. The lowest BCUT2D eigenvalue weighted by atomic mass is 10.2. The average molecular weight is 361 g/mol. The van der Waals surface area contributed by atoms with Crippen LogP contribution in [0, 0.1) is 6.92 Å². The smallest absolute Gasteiger partial charge is 0.175 e. The van der Waals surface area contributed by atoms with Crippen LogP contribution in [0.1, 0.15) is 5.56 Å². The normalized spacial score (nSPS) is 11.5. The Labute approximate surface area is 153 Å². The molecule has 0 saturated heterocycles. The molecule has 0 fully saturated rings. The Bertz CT molecular complexity index is 1250. The van der Waals surface area contributed by atoms with Gasteiger partial charge in [0.25, 0.3) is 0 Å².